The lowest BCUT2D eigenvalue weighted by Crippen LogP contribution is -2.47. The molecule has 0 unspecified atom stereocenters. The first-order valence-corrected chi connectivity index (χ1v) is 10.3. The second kappa shape index (κ2) is 7.54. The number of aryl methyl sites for hydroxylation is 1. The lowest BCUT2D eigenvalue weighted by atomic mass is 9.99. The number of carbonyl (C=O) groups excluding carboxylic acids is 2. The third kappa shape index (κ3) is 3.33. The summed E-state index contributed by atoms with van der Waals surface area (Å²) in [5.41, 5.74) is 4.52. The number of piperazine rings is 1. The van der Waals surface area contributed by atoms with E-state index in [9.17, 15) is 9.59 Å². The molecule has 1 aliphatic carbocycles. The van der Waals surface area contributed by atoms with E-state index in [1.54, 1.807) is 12.4 Å². The number of hydrogen-bond donors (Lipinski definition) is 0. The Balaban J connectivity index is 1.56. The number of ketones is 1. The van der Waals surface area contributed by atoms with Crippen LogP contribution in [0, 0.1) is 0 Å². The number of carbonyl (C=O) groups is 2. The number of pyridine rings is 1. The predicted molar refractivity (Wildman–Crippen MR) is 113 cm³/mol. The van der Waals surface area contributed by atoms with Crippen molar-refractivity contribution in [2.45, 2.75) is 12.8 Å². The van der Waals surface area contributed by atoms with Gasteiger partial charge in [-0.1, -0.05) is 12.1 Å². The topological polar surface area (TPSA) is 66.7 Å². The van der Waals surface area contributed by atoms with E-state index in [0.717, 1.165) is 47.3 Å². The molecule has 152 valence electrons. The van der Waals surface area contributed by atoms with Crippen molar-refractivity contribution >= 4 is 11.7 Å². The van der Waals surface area contributed by atoms with Crippen LogP contribution in [0.25, 0.3) is 22.5 Å². The number of fused-ring (bicyclic) bond motifs is 1. The molecule has 5 rings (SSSR count). The molecule has 1 amide bonds. The monoisotopic (exact) mass is 401 g/mol. The standard InChI is InChI=1S/C24H23N3O3/c1-26-10-12-27(13-11-26)24(29)22-15-20(16-6-8-25-9-7-16)23(30-22)18-2-4-19-17(14-18)3-5-21(19)28/h2,4,6-9,14-15H,3,5,10-13H2,1H3. The van der Waals surface area contributed by atoms with Crippen LogP contribution in [0.2, 0.25) is 0 Å². The number of aromatic nitrogens is 1. The first kappa shape index (κ1) is 18.8. The van der Waals surface area contributed by atoms with Gasteiger partial charge in [-0.3, -0.25) is 14.6 Å². The van der Waals surface area contributed by atoms with E-state index in [-0.39, 0.29) is 11.7 Å². The van der Waals surface area contributed by atoms with Crippen molar-refractivity contribution in [2.75, 3.05) is 33.2 Å². The highest BCUT2D eigenvalue weighted by molar-refractivity contribution is 6.01. The van der Waals surface area contributed by atoms with Crippen LogP contribution in [0.5, 0.6) is 0 Å². The molecule has 6 nitrogen and oxygen atoms in total. The molecule has 0 N–H and O–H groups in total. The van der Waals surface area contributed by atoms with Crippen molar-refractivity contribution in [1.82, 2.24) is 14.8 Å². The molecule has 30 heavy (non-hydrogen) atoms. The summed E-state index contributed by atoms with van der Waals surface area (Å²) in [5.74, 6) is 1.11. The van der Waals surface area contributed by atoms with Crippen molar-refractivity contribution < 1.29 is 14.0 Å². The Morgan fingerprint density at radius 2 is 1.70 bits per heavy atom. The Bertz CT molecular complexity index is 1110. The van der Waals surface area contributed by atoms with Gasteiger partial charge >= 0.3 is 0 Å². The molecule has 1 saturated heterocycles. The molecule has 2 aromatic heterocycles. The van der Waals surface area contributed by atoms with Crippen LogP contribution in [0.4, 0.5) is 0 Å². The summed E-state index contributed by atoms with van der Waals surface area (Å²) in [6.45, 7) is 3.10. The summed E-state index contributed by atoms with van der Waals surface area (Å²) >= 11 is 0. The number of hydrogen-bond acceptors (Lipinski definition) is 5. The Labute approximate surface area is 175 Å². The predicted octanol–water partition coefficient (Wildman–Crippen LogP) is 3.53. The highest BCUT2D eigenvalue weighted by Crippen LogP contribution is 2.37. The molecule has 0 saturated carbocycles. The minimum Gasteiger partial charge on any atom is -0.450 e. The van der Waals surface area contributed by atoms with Gasteiger partial charge in [-0.05, 0) is 48.9 Å². The normalized spacial score (nSPS) is 16.7. The number of likely N-dealkylation sites (N-methyl/N-ethyl adjacent to an activating group) is 1. The molecular formula is C24H23N3O3. The summed E-state index contributed by atoms with van der Waals surface area (Å²) in [4.78, 5) is 33.3. The molecule has 2 aliphatic rings. The van der Waals surface area contributed by atoms with E-state index >= 15 is 0 Å². The minimum absolute atomic E-state index is 0.0824. The fourth-order valence-electron chi connectivity index (χ4n) is 4.22. The van der Waals surface area contributed by atoms with Gasteiger partial charge in [0.05, 0.1) is 0 Å². The number of amides is 1. The molecule has 0 bridgehead atoms. The maximum absolute atomic E-state index is 13.1. The highest BCUT2D eigenvalue weighted by Gasteiger charge is 2.27. The van der Waals surface area contributed by atoms with Gasteiger partial charge < -0.3 is 14.2 Å². The van der Waals surface area contributed by atoms with Gasteiger partial charge in [0, 0.05) is 61.7 Å². The lowest BCUT2D eigenvalue weighted by molar-refractivity contribution is 0.0633. The van der Waals surface area contributed by atoms with Crippen molar-refractivity contribution in [1.29, 1.82) is 0 Å². The van der Waals surface area contributed by atoms with Crippen molar-refractivity contribution in [2.24, 2.45) is 0 Å². The molecule has 6 heteroatoms. The van der Waals surface area contributed by atoms with E-state index in [1.165, 1.54) is 0 Å². The van der Waals surface area contributed by atoms with Crippen LogP contribution in [-0.4, -0.2) is 59.7 Å². The Kier molecular flexibility index (Phi) is 4.71. The number of rotatable bonds is 3. The van der Waals surface area contributed by atoms with Crippen molar-refractivity contribution in [3.8, 4) is 22.5 Å². The van der Waals surface area contributed by atoms with Gasteiger partial charge in [0.2, 0.25) is 0 Å². The second-order valence-electron chi connectivity index (χ2n) is 7.98. The van der Waals surface area contributed by atoms with Gasteiger partial charge in [-0.2, -0.15) is 0 Å². The van der Waals surface area contributed by atoms with E-state index in [4.69, 9.17) is 4.42 Å². The maximum Gasteiger partial charge on any atom is 0.289 e. The highest BCUT2D eigenvalue weighted by atomic mass is 16.4. The molecule has 3 aromatic rings. The van der Waals surface area contributed by atoms with E-state index in [2.05, 4.69) is 16.9 Å². The summed E-state index contributed by atoms with van der Waals surface area (Å²) in [7, 11) is 2.06. The van der Waals surface area contributed by atoms with E-state index < -0.39 is 0 Å². The average Bonchev–Trinajstić information content (AvgIpc) is 3.38. The smallest absolute Gasteiger partial charge is 0.289 e. The van der Waals surface area contributed by atoms with Crippen LogP contribution < -0.4 is 0 Å². The molecule has 0 spiro atoms. The quantitative estimate of drug-likeness (QED) is 0.672. The number of nitrogens with zero attached hydrogens (tertiary/aromatic N) is 3. The van der Waals surface area contributed by atoms with Crippen LogP contribution in [-0.2, 0) is 6.42 Å². The number of Topliss-reactive ketones (excluding diaryl/α,β-unsaturated/α-hetero) is 1. The summed E-state index contributed by atoms with van der Waals surface area (Å²) in [6.07, 6.45) is 4.77. The van der Waals surface area contributed by atoms with Crippen LogP contribution >= 0.6 is 0 Å². The summed E-state index contributed by atoms with van der Waals surface area (Å²) < 4.78 is 6.17. The summed E-state index contributed by atoms with van der Waals surface area (Å²) in [6, 6.07) is 11.5. The molecule has 0 radical (unpaired) electrons. The maximum atomic E-state index is 13.1. The molecular weight excluding hydrogens is 378 g/mol. The third-order valence-electron chi connectivity index (χ3n) is 6.01. The van der Waals surface area contributed by atoms with Crippen LogP contribution in [0.3, 0.4) is 0 Å². The Hall–Kier alpha value is -3.25. The number of benzene rings is 1. The zero-order valence-corrected chi connectivity index (χ0v) is 16.9. The molecule has 1 aliphatic heterocycles. The molecule has 0 atom stereocenters. The fraction of sp³-hybridized carbons (Fsp3) is 0.292. The van der Waals surface area contributed by atoms with Gasteiger partial charge in [0.25, 0.3) is 5.91 Å². The zero-order valence-electron chi connectivity index (χ0n) is 16.9. The van der Waals surface area contributed by atoms with Crippen LogP contribution in [0.1, 0.15) is 32.9 Å². The van der Waals surface area contributed by atoms with E-state index in [1.807, 2.05) is 41.3 Å². The third-order valence-corrected chi connectivity index (χ3v) is 6.01. The first-order valence-electron chi connectivity index (χ1n) is 10.3. The minimum atomic E-state index is -0.0824. The zero-order chi connectivity index (χ0) is 20.7. The second-order valence-corrected chi connectivity index (χ2v) is 7.98. The first-order chi connectivity index (χ1) is 14.6. The molecule has 1 aromatic carbocycles. The van der Waals surface area contributed by atoms with Gasteiger partial charge in [-0.25, -0.2) is 0 Å². The Morgan fingerprint density at radius 3 is 2.47 bits per heavy atom. The SMILES string of the molecule is CN1CCN(C(=O)c2cc(-c3ccncc3)c(-c3ccc4c(c3)CCC4=O)o2)CC1. The number of furan rings is 1. The van der Waals surface area contributed by atoms with Gasteiger partial charge in [0.1, 0.15) is 5.76 Å². The molecule has 3 heterocycles. The fourth-order valence-corrected chi connectivity index (χ4v) is 4.22. The van der Waals surface area contributed by atoms with Gasteiger partial charge in [0.15, 0.2) is 11.5 Å². The Morgan fingerprint density at radius 1 is 0.933 bits per heavy atom. The average molecular weight is 401 g/mol. The largest absolute Gasteiger partial charge is 0.450 e. The van der Waals surface area contributed by atoms with Crippen molar-refractivity contribution in [3.05, 3.63) is 65.7 Å². The lowest BCUT2D eigenvalue weighted by Gasteiger charge is -2.31. The molecule has 1 fully saturated rings. The van der Waals surface area contributed by atoms with E-state index in [0.29, 0.717) is 31.0 Å². The van der Waals surface area contributed by atoms with Gasteiger partial charge in [-0.15, -0.1) is 0 Å². The van der Waals surface area contributed by atoms with Crippen molar-refractivity contribution in [3.63, 3.8) is 0 Å². The summed E-state index contributed by atoms with van der Waals surface area (Å²) in [5, 5.41) is 0. The van der Waals surface area contributed by atoms with Crippen LogP contribution in [0.15, 0.2) is 53.2 Å².